The van der Waals surface area contributed by atoms with Gasteiger partial charge in [-0.25, -0.2) is 4.39 Å². The number of hydrogen-bond acceptors (Lipinski definition) is 4. The molecule has 0 spiro atoms. The van der Waals surface area contributed by atoms with Crippen molar-refractivity contribution in [1.29, 1.82) is 0 Å². The first-order chi connectivity index (χ1) is 15.6. The molecule has 32 heavy (non-hydrogen) atoms. The Morgan fingerprint density at radius 3 is 2.34 bits per heavy atom. The van der Waals surface area contributed by atoms with E-state index in [9.17, 15) is 9.18 Å². The maximum atomic E-state index is 14.2. The predicted octanol–water partition coefficient (Wildman–Crippen LogP) is 4.99. The number of para-hydroxylation sites is 1. The quantitative estimate of drug-likeness (QED) is 0.571. The lowest BCUT2D eigenvalue weighted by Crippen LogP contribution is -2.50. The number of piperazine rings is 1. The molecule has 1 saturated heterocycles. The summed E-state index contributed by atoms with van der Waals surface area (Å²) < 4.78 is 19.4. The number of rotatable bonds is 6. The molecule has 3 aromatic carbocycles. The van der Waals surface area contributed by atoms with Crippen molar-refractivity contribution < 1.29 is 13.9 Å². The second-order valence-electron chi connectivity index (χ2n) is 7.63. The Bertz CT molecular complexity index is 1070. The maximum absolute atomic E-state index is 14.2. The van der Waals surface area contributed by atoms with Crippen molar-refractivity contribution in [2.45, 2.75) is 6.04 Å². The first kappa shape index (κ1) is 22.1. The molecule has 0 aliphatic carbocycles. The number of nitrogens with one attached hydrogen (secondary N) is 1. The molecule has 1 aliphatic rings. The number of benzene rings is 3. The molecule has 7 heteroatoms. The molecule has 1 unspecified atom stereocenters. The number of nitrogens with zero attached hydrogens (tertiary/aromatic N) is 2. The second kappa shape index (κ2) is 10.0. The van der Waals surface area contributed by atoms with Crippen molar-refractivity contribution >= 4 is 28.9 Å². The fourth-order valence-corrected chi connectivity index (χ4v) is 4.31. The normalized spacial score (nSPS) is 15.3. The van der Waals surface area contributed by atoms with Gasteiger partial charge in [-0.2, -0.15) is 0 Å². The van der Waals surface area contributed by atoms with Crippen LogP contribution in [-0.2, 0) is 4.79 Å². The number of ether oxygens (including phenoxy) is 1. The minimum atomic E-state index is -0.472. The van der Waals surface area contributed by atoms with E-state index in [0.717, 1.165) is 5.56 Å². The number of halogens is 2. The maximum Gasteiger partial charge on any atom is 0.246 e. The lowest BCUT2D eigenvalue weighted by atomic mass is 10.0. The molecule has 0 bridgehead atoms. The van der Waals surface area contributed by atoms with Gasteiger partial charge in [0.15, 0.2) is 0 Å². The van der Waals surface area contributed by atoms with Gasteiger partial charge in [0.1, 0.15) is 17.6 Å². The van der Waals surface area contributed by atoms with Gasteiger partial charge in [-0.3, -0.25) is 9.69 Å². The summed E-state index contributed by atoms with van der Waals surface area (Å²) in [6.07, 6.45) is 0. The summed E-state index contributed by atoms with van der Waals surface area (Å²) in [7, 11) is 1.55. The molecule has 166 valence electrons. The van der Waals surface area contributed by atoms with Crippen LogP contribution in [0.15, 0.2) is 72.8 Å². The fourth-order valence-electron chi connectivity index (χ4n) is 4.05. The zero-order valence-corrected chi connectivity index (χ0v) is 18.6. The van der Waals surface area contributed by atoms with Crippen molar-refractivity contribution in [3.63, 3.8) is 0 Å². The Morgan fingerprint density at radius 2 is 1.69 bits per heavy atom. The molecule has 0 aromatic heterocycles. The Labute approximate surface area is 192 Å². The lowest BCUT2D eigenvalue weighted by Gasteiger charge is -2.39. The molecule has 0 saturated carbocycles. The Kier molecular flexibility index (Phi) is 6.93. The minimum Gasteiger partial charge on any atom is -0.495 e. The van der Waals surface area contributed by atoms with Gasteiger partial charge in [-0.05, 0) is 35.9 Å². The first-order valence-electron chi connectivity index (χ1n) is 10.5. The SMILES string of the molecule is COc1ccc(NC(=O)C(c2ccccc2)N2CCN(c3ccccc3F)CC2)cc1Cl. The van der Waals surface area contributed by atoms with Gasteiger partial charge in [0.05, 0.1) is 17.8 Å². The second-order valence-corrected chi connectivity index (χ2v) is 8.03. The van der Waals surface area contributed by atoms with Crippen LogP contribution in [0.1, 0.15) is 11.6 Å². The van der Waals surface area contributed by atoms with Gasteiger partial charge in [-0.15, -0.1) is 0 Å². The van der Waals surface area contributed by atoms with Gasteiger partial charge >= 0.3 is 0 Å². The van der Waals surface area contributed by atoms with E-state index in [-0.39, 0.29) is 11.7 Å². The Hall–Kier alpha value is -3.09. The number of carbonyl (C=O) groups is 1. The van der Waals surface area contributed by atoms with Crippen molar-refractivity contribution in [3.8, 4) is 5.75 Å². The summed E-state index contributed by atoms with van der Waals surface area (Å²) in [5.41, 5.74) is 2.11. The largest absolute Gasteiger partial charge is 0.495 e. The van der Waals surface area contributed by atoms with Crippen molar-refractivity contribution in [2.24, 2.45) is 0 Å². The molecule has 5 nitrogen and oxygen atoms in total. The number of carbonyl (C=O) groups excluding carboxylic acids is 1. The van der Waals surface area contributed by atoms with E-state index >= 15 is 0 Å². The van der Waals surface area contributed by atoms with Crippen molar-refractivity contribution in [1.82, 2.24) is 4.90 Å². The van der Waals surface area contributed by atoms with Crippen LogP contribution < -0.4 is 15.0 Å². The van der Waals surface area contributed by atoms with E-state index in [1.165, 1.54) is 6.07 Å². The van der Waals surface area contributed by atoms with E-state index < -0.39 is 6.04 Å². The third-order valence-electron chi connectivity index (χ3n) is 5.66. The van der Waals surface area contributed by atoms with Crippen LogP contribution in [0, 0.1) is 5.82 Å². The zero-order chi connectivity index (χ0) is 22.5. The molecule has 1 heterocycles. The van der Waals surface area contributed by atoms with Crippen LogP contribution in [0.5, 0.6) is 5.75 Å². The van der Waals surface area contributed by atoms with Gasteiger partial charge in [-0.1, -0.05) is 54.1 Å². The molecular formula is C25H25ClFN3O2. The molecule has 1 N–H and O–H groups in total. The number of anilines is 2. The third kappa shape index (κ3) is 4.87. The number of methoxy groups -OCH3 is 1. The molecule has 1 fully saturated rings. The van der Waals surface area contributed by atoms with Gasteiger partial charge in [0.2, 0.25) is 5.91 Å². The highest BCUT2D eigenvalue weighted by Crippen LogP contribution is 2.30. The average Bonchev–Trinajstić information content (AvgIpc) is 2.81. The molecule has 1 atom stereocenters. The Morgan fingerprint density at radius 1 is 1.00 bits per heavy atom. The van der Waals surface area contributed by atoms with Gasteiger partial charge < -0.3 is 15.0 Å². The summed E-state index contributed by atoms with van der Waals surface area (Å²) in [5.74, 6) is 0.181. The van der Waals surface area contributed by atoms with Crippen LogP contribution in [0.4, 0.5) is 15.8 Å². The van der Waals surface area contributed by atoms with Gasteiger partial charge in [0.25, 0.3) is 0 Å². The van der Waals surface area contributed by atoms with Crippen LogP contribution in [0.2, 0.25) is 5.02 Å². The monoisotopic (exact) mass is 453 g/mol. The van der Waals surface area contributed by atoms with E-state index in [1.54, 1.807) is 37.4 Å². The molecule has 3 aromatic rings. The number of hydrogen-bond donors (Lipinski definition) is 1. The minimum absolute atomic E-state index is 0.142. The summed E-state index contributed by atoms with van der Waals surface area (Å²) in [6, 6.07) is 21.2. The zero-order valence-electron chi connectivity index (χ0n) is 17.8. The standard InChI is InChI=1S/C25H25ClFN3O2/c1-32-23-12-11-19(17-20(23)26)28-25(31)24(18-7-3-2-4-8-18)30-15-13-29(14-16-30)22-10-6-5-9-21(22)27/h2-12,17,24H,13-16H2,1H3,(H,28,31). The highest BCUT2D eigenvalue weighted by atomic mass is 35.5. The summed E-state index contributed by atoms with van der Waals surface area (Å²) in [4.78, 5) is 17.5. The summed E-state index contributed by atoms with van der Waals surface area (Å²) >= 11 is 6.22. The highest BCUT2D eigenvalue weighted by Gasteiger charge is 2.31. The van der Waals surface area contributed by atoms with Crippen LogP contribution in [-0.4, -0.2) is 44.1 Å². The fraction of sp³-hybridized carbons (Fsp3) is 0.240. The smallest absolute Gasteiger partial charge is 0.246 e. The molecular weight excluding hydrogens is 429 g/mol. The molecule has 0 radical (unpaired) electrons. The molecule has 4 rings (SSSR count). The lowest BCUT2D eigenvalue weighted by molar-refractivity contribution is -0.121. The summed E-state index contributed by atoms with van der Waals surface area (Å²) in [5, 5.41) is 3.42. The van der Waals surface area contributed by atoms with Crippen molar-refractivity contribution in [3.05, 3.63) is 89.2 Å². The van der Waals surface area contributed by atoms with E-state index in [4.69, 9.17) is 16.3 Å². The highest BCUT2D eigenvalue weighted by molar-refractivity contribution is 6.32. The number of amides is 1. The average molecular weight is 454 g/mol. The van der Waals surface area contributed by atoms with E-state index in [2.05, 4.69) is 10.2 Å². The van der Waals surface area contributed by atoms with Crippen molar-refractivity contribution in [2.75, 3.05) is 43.5 Å². The topological polar surface area (TPSA) is 44.8 Å². The third-order valence-corrected chi connectivity index (χ3v) is 5.95. The van der Waals surface area contributed by atoms with E-state index in [0.29, 0.717) is 48.3 Å². The van der Waals surface area contributed by atoms with E-state index in [1.807, 2.05) is 41.3 Å². The van der Waals surface area contributed by atoms with Gasteiger partial charge in [0, 0.05) is 31.9 Å². The first-order valence-corrected chi connectivity index (χ1v) is 10.9. The van der Waals surface area contributed by atoms with Crippen LogP contribution in [0.25, 0.3) is 0 Å². The summed E-state index contributed by atoms with van der Waals surface area (Å²) in [6.45, 7) is 2.52. The predicted molar refractivity (Wildman–Crippen MR) is 126 cm³/mol. The molecule has 1 aliphatic heterocycles. The van der Waals surface area contributed by atoms with Crippen LogP contribution >= 0.6 is 11.6 Å². The molecule has 1 amide bonds. The van der Waals surface area contributed by atoms with Crippen LogP contribution in [0.3, 0.4) is 0 Å². The Balaban J connectivity index is 1.52.